The topological polar surface area (TPSA) is 83.9 Å². The first-order valence-electron chi connectivity index (χ1n) is 9.11. The van der Waals surface area contributed by atoms with Gasteiger partial charge in [-0.3, -0.25) is 4.79 Å². The zero-order chi connectivity index (χ0) is 18.4. The van der Waals surface area contributed by atoms with E-state index in [2.05, 4.69) is 52.5 Å². The number of likely N-dealkylation sites (tertiary alicyclic amines) is 1. The number of hydrogen-bond donors (Lipinski definition) is 2. The third-order valence-electron chi connectivity index (χ3n) is 4.58. The third kappa shape index (κ3) is 5.98. The van der Waals surface area contributed by atoms with E-state index in [1.165, 1.54) is 5.56 Å². The van der Waals surface area contributed by atoms with Crippen molar-refractivity contribution < 1.29 is 9.21 Å². The summed E-state index contributed by atoms with van der Waals surface area (Å²) in [4.78, 5) is 18.1. The molecular weight excluding hydrogens is 455 g/mol. The molecule has 1 fully saturated rings. The lowest BCUT2D eigenvalue weighted by Crippen LogP contribution is -2.40. The fraction of sp³-hybridized carbons (Fsp3) is 0.400. The summed E-state index contributed by atoms with van der Waals surface area (Å²) in [6, 6.07) is 14.0. The Morgan fingerprint density at radius 1 is 1.30 bits per heavy atom. The van der Waals surface area contributed by atoms with Gasteiger partial charge in [0.2, 0.25) is 0 Å². The van der Waals surface area contributed by atoms with Crippen molar-refractivity contribution in [3.63, 3.8) is 0 Å². The van der Waals surface area contributed by atoms with Crippen molar-refractivity contribution in [1.29, 1.82) is 0 Å². The van der Waals surface area contributed by atoms with Crippen LogP contribution in [0.3, 0.4) is 0 Å². The molecule has 3 N–H and O–H groups in total. The zero-order valence-electron chi connectivity index (χ0n) is 15.6. The van der Waals surface area contributed by atoms with Crippen LogP contribution in [0.15, 0.2) is 51.9 Å². The van der Waals surface area contributed by atoms with Gasteiger partial charge < -0.3 is 20.4 Å². The van der Waals surface area contributed by atoms with E-state index in [9.17, 15) is 4.79 Å². The number of carbonyl (C=O) groups is 1. The van der Waals surface area contributed by atoms with Gasteiger partial charge in [-0.25, -0.2) is 4.99 Å². The summed E-state index contributed by atoms with van der Waals surface area (Å²) in [5, 5.41) is 3.35. The summed E-state index contributed by atoms with van der Waals surface area (Å²) < 4.78 is 5.41. The molecule has 1 aliphatic rings. The van der Waals surface area contributed by atoms with Gasteiger partial charge in [-0.15, -0.1) is 24.0 Å². The molecule has 0 saturated carbocycles. The zero-order valence-corrected chi connectivity index (χ0v) is 17.9. The van der Waals surface area contributed by atoms with Crippen LogP contribution in [0, 0.1) is 5.92 Å². The van der Waals surface area contributed by atoms with Crippen LogP contribution in [-0.4, -0.2) is 36.4 Å². The van der Waals surface area contributed by atoms with E-state index >= 15 is 0 Å². The summed E-state index contributed by atoms with van der Waals surface area (Å²) in [5.74, 6) is 1.76. The maximum Gasteiger partial charge on any atom is 0.284 e. The first kappa shape index (κ1) is 21.3. The molecule has 0 bridgehead atoms. The van der Waals surface area contributed by atoms with Gasteiger partial charge >= 0.3 is 0 Å². The van der Waals surface area contributed by atoms with E-state index < -0.39 is 5.91 Å². The second kappa shape index (κ2) is 10.3. The highest BCUT2D eigenvalue weighted by atomic mass is 127. The fourth-order valence-corrected chi connectivity index (χ4v) is 3.31. The Morgan fingerprint density at radius 2 is 2.07 bits per heavy atom. The number of aliphatic imine (C=N–C) groups is 1. The molecule has 1 aliphatic heterocycles. The number of nitrogens with one attached hydrogen (secondary N) is 1. The molecule has 146 valence electrons. The van der Waals surface area contributed by atoms with Crippen LogP contribution in [0.25, 0.3) is 0 Å². The Balaban J connectivity index is 0.00000261. The van der Waals surface area contributed by atoms with Gasteiger partial charge in [0.05, 0.1) is 0 Å². The van der Waals surface area contributed by atoms with Crippen LogP contribution in [0.2, 0.25) is 0 Å². The molecule has 7 heteroatoms. The van der Waals surface area contributed by atoms with Crippen LogP contribution in [0.5, 0.6) is 0 Å². The van der Waals surface area contributed by atoms with Gasteiger partial charge in [0.1, 0.15) is 12.3 Å². The minimum atomic E-state index is -0.560. The minimum absolute atomic E-state index is 0. The number of nitrogens with two attached hydrogens (primary N) is 1. The van der Waals surface area contributed by atoms with Crippen LogP contribution < -0.4 is 11.1 Å². The molecule has 2 heterocycles. The van der Waals surface area contributed by atoms with E-state index in [0.29, 0.717) is 18.2 Å². The average molecular weight is 482 g/mol. The number of furan rings is 1. The predicted octanol–water partition coefficient (Wildman–Crippen LogP) is 3.03. The van der Waals surface area contributed by atoms with Crippen molar-refractivity contribution in [2.45, 2.75) is 26.3 Å². The Bertz CT molecular complexity index is 760. The maximum atomic E-state index is 11.1. The number of benzene rings is 1. The SMILES string of the molecule is CCNC(=NCc1ccc(C(N)=O)o1)N1CCC(Cc2ccccc2)C1.I. The lowest BCUT2D eigenvalue weighted by Gasteiger charge is -2.21. The van der Waals surface area contributed by atoms with Gasteiger partial charge in [0.25, 0.3) is 5.91 Å². The maximum absolute atomic E-state index is 11.1. The first-order chi connectivity index (χ1) is 12.7. The van der Waals surface area contributed by atoms with Crippen molar-refractivity contribution in [1.82, 2.24) is 10.2 Å². The summed E-state index contributed by atoms with van der Waals surface area (Å²) in [7, 11) is 0. The van der Waals surface area contributed by atoms with E-state index in [1.807, 2.05) is 0 Å². The summed E-state index contributed by atoms with van der Waals surface area (Å²) in [5.41, 5.74) is 6.60. The lowest BCUT2D eigenvalue weighted by molar-refractivity contribution is 0.0972. The largest absolute Gasteiger partial charge is 0.454 e. The van der Waals surface area contributed by atoms with Gasteiger partial charge in [-0.05, 0) is 43.4 Å². The molecule has 1 aromatic carbocycles. The predicted molar refractivity (Wildman–Crippen MR) is 117 cm³/mol. The second-order valence-corrected chi connectivity index (χ2v) is 6.59. The molecule has 1 amide bonds. The molecule has 3 rings (SSSR count). The first-order valence-corrected chi connectivity index (χ1v) is 9.11. The van der Waals surface area contributed by atoms with Crippen molar-refractivity contribution in [2.24, 2.45) is 16.6 Å². The van der Waals surface area contributed by atoms with Gasteiger partial charge in [0, 0.05) is 19.6 Å². The van der Waals surface area contributed by atoms with Crippen LogP contribution in [-0.2, 0) is 13.0 Å². The number of primary amides is 1. The molecule has 27 heavy (non-hydrogen) atoms. The summed E-state index contributed by atoms with van der Waals surface area (Å²) in [6.45, 7) is 5.24. The van der Waals surface area contributed by atoms with E-state index in [1.54, 1.807) is 12.1 Å². The smallest absolute Gasteiger partial charge is 0.284 e. The Morgan fingerprint density at radius 3 is 2.74 bits per heavy atom. The summed E-state index contributed by atoms with van der Waals surface area (Å²) in [6.07, 6.45) is 2.25. The number of guanidine groups is 1. The molecule has 1 unspecified atom stereocenters. The van der Waals surface area contributed by atoms with Crippen molar-refractivity contribution in [2.75, 3.05) is 19.6 Å². The van der Waals surface area contributed by atoms with Crippen molar-refractivity contribution >= 4 is 35.8 Å². The Kier molecular flexibility index (Phi) is 8.15. The number of nitrogens with zero attached hydrogens (tertiary/aromatic N) is 2. The van der Waals surface area contributed by atoms with Crippen LogP contribution >= 0.6 is 24.0 Å². The fourth-order valence-electron chi connectivity index (χ4n) is 3.31. The van der Waals surface area contributed by atoms with Crippen LogP contribution in [0.4, 0.5) is 0 Å². The molecule has 1 aromatic heterocycles. The van der Waals surface area contributed by atoms with Crippen molar-refractivity contribution in [3.05, 3.63) is 59.5 Å². The standard InChI is InChI=1S/C20H26N4O2.HI/c1-2-22-20(23-13-17-8-9-18(26-17)19(21)25)24-11-10-16(14-24)12-15-6-4-3-5-7-15;/h3-9,16H,2,10-14H2,1H3,(H2,21,25)(H,22,23);1H. The molecule has 0 radical (unpaired) electrons. The molecule has 2 aromatic rings. The minimum Gasteiger partial charge on any atom is -0.454 e. The highest BCUT2D eigenvalue weighted by Gasteiger charge is 2.25. The van der Waals surface area contributed by atoms with Gasteiger partial charge in [-0.1, -0.05) is 30.3 Å². The molecule has 6 nitrogen and oxygen atoms in total. The van der Waals surface area contributed by atoms with Crippen molar-refractivity contribution in [3.8, 4) is 0 Å². The molecule has 1 atom stereocenters. The number of hydrogen-bond acceptors (Lipinski definition) is 3. The molecule has 0 aliphatic carbocycles. The quantitative estimate of drug-likeness (QED) is 0.377. The molecular formula is C20H27IN4O2. The Labute approximate surface area is 177 Å². The molecule has 0 spiro atoms. The lowest BCUT2D eigenvalue weighted by atomic mass is 9.99. The number of rotatable bonds is 6. The number of halogens is 1. The molecule has 1 saturated heterocycles. The average Bonchev–Trinajstić information content (AvgIpc) is 3.29. The highest BCUT2D eigenvalue weighted by molar-refractivity contribution is 14.0. The van der Waals surface area contributed by atoms with E-state index in [4.69, 9.17) is 10.2 Å². The van der Waals surface area contributed by atoms with Crippen LogP contribution in [0.1, 0.15) is 35.2 Å². The normalized spacial score (nSPS) is 16.9. The Hall–Kier alpha value is -2.03. The van der Waals surface area contributed by atoms with E-state index in [-0.39, 0.29) is 29.7 Å². The van der Waals surface area contributed by atoms with E-state index in [0.717, 1.165) is 38.4 Å². The third-order valence-corrected chi connectivity index (χ3v) is 4.58. The number of carbonyl (C=O) groups excluding carboxylic acids is 1. The van der Waals surface area contributed by atoms with Gasteiger partial charge in [-0.2, -0.15) is 0 Å². The number of amides is 1. The van der Waals surface area contributed by atoms with Gasteiger partial charge in [0.15, 0.2) is 11.7 Å². The second-order valence-electron chi connectivity index (χ2n) is 6.59. The summed E-state index contributed by atoms with van der Waals surface area (Å²) >= 11 is 0. The highest BCUT2D eigenvalue weighted by Crippen LogP contribution is 2.21. The monoisotopic (exact) mass is 482 g/mol.